The Balaban J connectivity index is 4.36. The second-order valence-electron chi connectivity index (χ2n) is 13.1. The lowest BCUT2D eigenvalue weighted by atomic mass is 10.1. The molecule has 2 atom stereocenters. The first-order chi connectivity index (χ1) is 25.8. The Morgan fingerprint density at radius 1 is 0.566 bits per heavy atom. The number of hydrogen-bond acceptors (Lipinski definition) is 8. The van der Waals surface area contributed by atoms with Crippen LogP contribution in [0, 0.1) is 0 Å². The van der Waals surface area contributed by atoms with E-state index in [2.05, 4.69) is 80.7 Å². The summed E-state index contributed by atoms with van der Waals surface area (Å²) >= 11 is 0. The molecule has 0 aromatic heterocycles. The van der Waals surface area contributed by atoms with E-state index in [1.165, 1.54) is 57.8 Å². The quantitative estimate of drug-likeness (QED) is 0.0274. The van der Waals surface area contributed by atoms with Crippen molar-refractivity contribution < 1.29 is 37.6 Å². The maximum Gasteiger partial charge on any atom is 0.472 e. The summed E-state index contributed by atoms with van der Waals surface area (Å²) in [5.41, 5.74) is 5.33. The number of hydrogen-bond donors (Lipinski definition) is 2. The van der Waals surface area contributed by atoms with Gasteiger partial charge in [0.05, 0.1) is 13.2 Å². The molecule has 0 aliphatic rings. The summed E-state index contributed by atoms with van der Waals surface area (Å²) in [6.45, 7) is 3.57. The Morgan fingerprint density at radius 2 is 1.00 bits per heavy atom. The molecule has 9 nitrogen and oxygen atoms in total. The Labute approximate surface area is 322 Å². The number of carbonyl (C=O) groups excluding carboxylic acids is 2. The fraction of sp³-hybridized carbons (Fsp3) is 0.674. The Hall–Kier alpha value is -2.55. The number of unbranched alkanes of at least 4 members (excludes halogenated alkanes) is 12. The highest BCUT2D eigenvalue weighted by Crippen LogP contribution is 2.43. The van der Waals surface area contributed by atoms with Crippen LogP contribution in [0.4, 0.5) is 0 Å². The lowest BCUT2D eigenvalue weighted by molar-refractivity contribution is -0.161. The molecule has 3 N–H and O–H groups in total. The molecule has 0 fully saturated rings. The molecule has 0 heterocycles. The predicted octanol–water partition coefficient (Wildman–Crippen LogP) is 11.5. The van der Waals surface area contributed by atoms with Crippen LogP contribution in [0.2, 0.25) is 0 Å². The van der Waals surface area contributed by atoms with Crippen LogP contribution in [-0.2, 0) is 32.7 Å². The molecule has 0 spiro atoms. The predicted molar refractivity (Wildman–Crippen MR) is 219 cm³/mol. The van der Waals surface area contributed by atoms with E-state index in [-0.39, 0.29) is 32.6 Å². The third-order valence-corrected chi connectivity index (χ3v) is 9.05. The van der Waals surface area contributed by atoms with E-state index in [0.717, 1.165) is 57.8 Å². The average molecular weight is 764 g/mol. The van der Waals surface area contributed by atoms with Gasteiger partial charge >= 0.3 is 19.8 Å². The molecule has 0 aromatic rings. The fourth-order valence-corrected chi connectivity index (χ4v) is 5.77. The summed E-state index contributed by atoms with van der Waals surface area (Å²) in [5, 5.41) is 0. The van der Waals surface area contributed by atoms with Crippen molar-refractivity contribution in [1.29, 1.82) is 0 Å². The first-order valence-electron chi connectivity index (χ1n) is 20.4. The molecule has 10 heteroatoms. The molecule has 0 rings (SSSR count). The van der Waals surface area contributed by atoms with Crippen LogP contribution in [-0.4, -0.2) is 49.3 Å². The van der Waals surface area contributed by atoms with Crippen molar-refractivity contribution in [3.8, 4) is 0 Å². The second kappa shape index (κ2) is 39.2. The van der Waals surface area contributed by atoms with E-state index in [9.17, 15) is 19.0 Å². The van der Waals surface area contributed by atoms with Gasteiger partial charge in [0, 0.05) is 19.4 Å². The van der Waals surface area contributed by atoms with Gasteiger partial charge in [0.2, 0.25) is 0 Å². The Kier molecular flexibility index (Phi) is 37.3. The number of ether oxygens (including phenoxy) is 2. The Bertz CT molecular complexity index is 1100. The summed E-state index contributed by atoms with van der Waals surface area (Å²) < 4.78 is 32.6. The van der Waals surface area contributed by atoms with Gasteiger partial charge in [-0.1, -0.05) is 132 Å². The van der Waals surface area contributed by atoms with E-state index in [1.54, 1.807) is 0 Å². The first kappa shape index (κ1) is 50.5. The van der Waals surface area contributed by atoms with E-state index >= 15 is 0 Å². The van der Waals surface area contributed by atoms with E-state index in [0.29, 0.717) is 12.8 Å². The largest absolute Gasteiger partial charge is 0.472 e. The van der Waals surface area contributed by atoms with Gasteiger partial charge in [-0.3, -0.25) is 18.6 Å². The maximum absolute atomic E-state index is 12.5. The van der Waals surface area contributed by atoms with Crippen LogP contribution in [0.3, 0.4) is 0 Å². The molecule has 0 radical (unpaired) electrons. The monoisotopic (exact) mass is 764 g/mol. The van der Waals surface area contributed by atoms with Gasteiger partial charge in [-0.15, -0.1) is 0 Å². The van der Waals surface area contributed by atoms with Gasteiger partial charge in [0.25, 0.3) is 0 Å². The summed E-state index contributed by atoms with van der Waals surface area (Å²) in [6.07, 6.45) is 46.6. The second-order valence-corrected chi connectivity index (χ2v) is 14.6. The van der Waals surface area contributed by atoms with Crippen LogP contribution >= 0.6 is 7.82 Å². The average Bonchev–Trinajstić information content (AvgIpc) is 3.14. The number of esters is 2. The summed E-state index contributed by atoms with van der Waals surface area (Å²) in [7, 11) is -4.40. The third-order valence-electron chi connectivity index (χ3n) is 8.06. The molecule has 1 unspecified atom stereocenters. The molecule has 0 saturated heterocycles. The fourth-order valence-electron chi connectivity index (χ4n) is 5.01. The standard InChI is InChI=1S/C43H74NO8P/c1-3-5-7-9-11-13-15-17-19-20-22-23-25-27-29-31-33-35-42(45)49-39-41(40-51-53(47,48)50-38-37-44)52-43(46)36-34-32-30-28-26-24-21-18-16-14-12-10-8-6-4-2/h12,14,17-19,21-23,26-29,41H,3-11,13,15-16,20,24-25,30-40,44H2,1-2H3,(H,47,48)/b14-12+,19-17+,21-18+,23-22+,28-26+,29-27+/t41-/m1/s1. The van der Waals surface area contributed by atoms with Crippen LogP contribution in [0.5, 0.6) is 0 Å². The first-order valence-corrected chi connectivity index (χ1v) is 21.9. The summed E-state index contributed by atoms with van der Waals surface area (Å²) in [4.78, 5) is 34.7. The number of phosphoric ester groups is 1. The molecule has 304 valence electrons. The number of nitrogens with two attached hydrogens (primary N) is 1. The lowest BCUT2D eigenvalue weighted by Crippen LogP contribution is -2.29. The molecule has 0 aliphatic heterocycles. The minimum atomic E-state index is -4.40. The maximum atomic E-state index is 12.5. The van der Waals surface area contributed by atoms with Gasteiger partial charge in [-0.05, 0) is 83.5 Å². The van der Waals surface area contributed by atoms with Gasteiger partial charge in [0.15, 0.2) is 6.10 Å². The smallest absolute Gasteiger partial charge is 0.462 e. The highest BCUT2D eigenvalue weighted by atomic mass is 31.2. The zero-order chi connectivity index (χ0) is 38.9. The highest BCUT2D eigenvalue weighted by molar-refractivity contribution is 7.47. The van der Waals surface area contributed by atoms with Crippen molar-refractivity contribution in [3.63, 3.8) is 0 Å². The number of carbonyl (C=O) groups is 2. The third kappa shape index (κ3) is 39.0. The molecule has 0 amide bonds. The van der Waals surface area contributed by atoms with Crippen molar-refractivity contribution in [3.05, 3.63) is 72.9 Å². The minimum absolute atomic E-state index is 0.0373. The van der Waals surface area contributed by atoms with Gasteiger partial charge < -0.3 is 20.1 Å². The van der Waals surface area contributed by atoms with Crippen molar-refractivity contribution >= 4 is 19.8 Å². The molecule has 53 heavy (non-hydrogen) atoms. The zero-order valence-electron chi connectivity index (χ0n) is 33.2. The van der Waals surface area contributed by atoms with Crippen molar-refractivity contribution in [2.45, 2.75) is 161 Å². The lowest BCUT2D eigenvalue weighted by Gasteiger charge is -2.19. The molecular formula is C43H74NO8P. The van der Waals surface area contributed by atoms with Crippen LogP contribution < -0.4 is 5.73 Å². The molecule has 0 saturated carbocycles. The normalized spacial score (nSPS) is 14.1. The van der Waals surface area contributed by atoms with Crippen molar-refractivity contribution in [2.75, 3.05) is 26.4 Å². The van der Waals surface area contributed by atoms with Crippen molar-refractivity contribution in [1.82, 2.24) is 0 Å². The topological polar surface area (TPSA) is 134 Å². The van der Waals surface area contributed by atoms with Gasteiger partial charge in [-0.2, -0.15) is 0 Å². The van der Waals surface area contributed by atoms with Gasteiger partial charge in [-0.25, -0.2) is 4.57 Å². The summed E-state index contributed by atoms with van der Waals surface area (Å²) in [5.74, 6) is -0.942. The Morgan fingerprint density at radius 3 is 1.55 bits per heavy atom. The number of rotatable bonds is 37. The van der Waals surface area contributed by atoms with E-state index < -0.39 is 32.5 Å². The SMILES string of the molecule is CCCCC/C=C/C/C=C/C/C=C/CCCCC(=O)O[C@H](COC(=O)CCC/C=C/C/C=C/C/C=C/CCCCCCCC)COP(=O)(O)OCCN. The molecule has 0 aromatic carbocycles. The zero-order valence-corrected chi connectivity index (χ0v) is 34.1. The van der Waals surface area contributed by atoms with Crippen LogP contribution in [0.1, 0.15) is 155 Å². The molecular weight excluding hydrogens is 689 g/mol. The molecule has 0 bridgehead atoms. The van der Waals surface area contributed by atoms with E-state index in [1.807, 2.05) is 6.08 Å². The van der Waals surface area contributed by atoms with Crippen molar-refractivity contribution in [2.24, 2.45) is 5.73 Å². The highest BCUT2D eigenvalue weighted by Gasteiger charge is 2.25. The van der Waals surface area contributed by atoms with Crippen LogP contribution in [0.25, 0.3) is 0 Å². The number of allylic oxidation sites excluding steroid dienone is 12. The molecule has 0 aliphatic carbocycles. The van der Waals surface area contributed by atoms with E-state index in [4.69, 9.17) is 24.3 Å². The van der Waals surface area contributed by atoms with Gasteiger partial charge in [0.1, 0.15) is 6.61 Å². The summed E-state index contributed by atoms with van der Waals surface area (Å²) in [6, 6.07) is 0. The van der Waals surface area contributed by atoms with Crippen LogP contribution in [0.15, 0.2) is 72.9 Å². The number of phosphoric acid groups is 1. The minimum Gasteiger partial charge on any atom is -0.462 e.